The number of rotatable bonds is 77. The quantitative estimate of drug-likeness (QED) is 0.0319. The summed E-state index contributed by atoms with van der Waals surface area (Å²) >= 11 is 0. The van der Waals surface area contributed by atoms with E-state index in [1.165, 1.54) is 108 Å². The fraction of sp³-hybridized carbons (Fsp3) is 0.683. The number of hydrogen-bond acceptors (Lipinski definition) is 26. The van der Waals surface area contributed by atoms with Gasteiger partial charge in [-0.25, -0.2) is 0 Å². The minimum Gasteiger partial charge on any atom is -0.508 e. The Hall–Kier alpha value is -12.5. The van der Waals surface area contributed by atoms with Crippen LogP contribution in [0.4, 0.5) is 0 Å². The molecule has 1 aliphatic rings. The summed E-state index contributed by atoms with van der Waals surface area (Å²) in [5.41, 5.74) is 36.4. The maximum atomic E-state index is 14.7. The van der Waals surface area contributed by atoms with Crippen LogP contribution in [0.2, 0.25) is 0 Å². The molecule has 2 heterocycles. The number of nitrogens with one attached hydrogen (secondary N) is 17. The number of hydrogen-bond donors (Lipinski definition) is 26. The molecule has 46 nitrogen and oxygen atoms in total. The van der Waals surface area contributed by atoms with E-state index >= 15 is 0 Å². The predicted molar refractivity (Wildman–Crippen MR) is 565 cm³/mol. The summed E-state index contributed by atoms with van der Waals surface area (Å²) in [7, 11) is 0. The molecule has 19 amide bonds. The molecule has 842 valence electrons. The van der Waals surface area contributed by atoms with E-state index in [-0.39, 0.29) is 113 Å². The third kappa shape index (κ3) is 49.9. The van der Waals surface area contributed by atoms with E-state index in [1.54, 1.807) is 72.0 Å². The number of phenolic OH excluding ortho intramolecular Hbond substituents is 1. The minimum absolute atomic E-state index is 0.00664. The molecule has 0 bridgehead atoms. The van der Waals surface area contributed by atoms with E-state index in [0.29, 0.717) is 88.4 Å². The molecule has 0 unspecified atom stereocenters. The van der Waals surface area contributed by atoms with E-state index in [9.17, 15) is 106 Å². The molecule has 0 radical (unpaired) electrons. The molecule has 1 aliphatic heterocycles. The zero-order valence-corrected chi connectivity index (χ0v) is 89.4. The van der Waals surface area contributed by atoms with Crippen molar-refractivity contribution in [3.05, 3.63) is 65.9 Å². The lowest BCUT2D eigenvalue weighted by molar-refractivity contribution is -0.140. The van der Waals surface area contributed by atoms with Gasteiger partial charge in [-0.05, 0) is 203 Å². The van der Waals surface area contributed by atoms with Crippen molar-refractivity contribution in [2.45, 2.75) is 384 Å². The molecule has 3 aromatic rings. The van der Waals surface area contributed by atoms with E-state index in [2.05, 4.69) is 97.0 Å². The summed E-state index contributed by atoms with van der Waals surface area (Å²) in [4.78, 5) is 269. The van der Waals surface area contributed by atoms with Crippen LogP contribution in [0, 0.1) is 17.8 Å². The van der Waals surface area contributed by atoms with Gasteiger partial charge in [-0.2, -0.15) is 0 Å². The number of carbonyl (C=O) groups is 19. The first-order valence-corrected chi connectivity index (χ1v) is 53.5. The van der Waals surface area contributed by atoms with Crippen molar-refractivity contribution in [3.8, 4) is 5.75 Å². The number of aromatic nitrogens is 1. The number of aromatic amines is 1. The van der Waals surface area contributed by atoms with Crippen LogP contribution >= 0.6 is 0 Å². The highest BCUT2D eigenvalue weighted by Crippen LogP contribution is 2.24. The van der Waals surface area contributed by atoms with Crippen LogP contribution in [-0.4, -0.2) is 287 Å². The number of nitrogens with two attached hydrogens (primary N) is 6. The Kier molecular flexibility index (Phi) is 61.6. The van der Waals surface area contributed by atoms with Crippen LogP contribution in [0.3, 0.4) is 0 Å². The molecule has 32 N–H and O–H groups in total. The zero-order valence-electron chi connectivity index (χ0n) is 89.4. The number of fused-ring (bicyclic) bond motifs is 1. The van der Waals surface area contributed by atoms with E-state index in [1.807, 2.05) is 0 Å². The van der Waals surface area contributed by atoms with Crippen molar-refractivity contribution >= 4 is 123 Å². The first-order valence-electron chi connectivity index (χ1n) is 53.5. The summed E-state index contributed by atoms with van der Waals surface area (Å²) in [6.45, 7) is 14.9. The fourth-order valence-corrected chi connectivity index (χ4v) is 17.3. The largest absolute Gasteiger partial charge is 0.508 e. The first-order chi connectivity index (χ1) is 71.3. The van der Waals surface area contributed by atoms with Crippen LogP contribution < -0.4 is 119 Å². The second kappa shape index (κ2) is 71.3. The molecule has 0 aliphatic carbocycles. The maximum Gasteiger partial charge on any atom is 0.245 e. The number of aliphatic hydroxyl groups excluding tert-OH is 2. The van der Waals surface area contributed by atoms with Gasteiger partial charge in [0.15, 0.2) is 0 Å². The molecule has 1 aromatic heterocycles. The van der Waals surface area contributed by atoms with Crippen molar-refractivity contribution < 1.29 is 106 Å². The maximum absolute atomic E-state index is 14.7. The number of phenols is 1. The number of benzene rings is 2. The van der Waals surface area contributed by atoms with Crippen molar-refractivity contribution in [2.75, 3.05) is 52.4 Å². The summed E-state index contributed by atoms with van der Waals surface area (Å²) in [6.07, 6.45) is 18.5. The van der Waals surface area contributed by atoms with Crippen LogP contribution in [-0.2, 0) is 104 Å². The number of likely N-dealkylation sites (tertiary alicyclic amines) is 1. The Bertz CT molecular complexity index is 4770. The van der Waals surface area contributed by atoms with Crippen molar-refractivity contribution in [2.24, 2.45) is 52.2 Å². The van der Waals surface area contributed by atoms with Gasteiger partial charge in [-0.1, -0.05) is 156 Å². The summed E-state index contributed by atoms with van der Waals surface area (Å²) in [6, 6.07) is -8.64. The molecule has 46 heteroatoms. The monoisotopic (exact) mass is 2110 g/mol. The Morgan fingerprint density at radius 3 is 1.35 bits per heavy atom. The summed E-state index contributed by atoms with van der Waals surface area (Å²) < 4.78 is 0. The number of para-hydroxylation sites is 1. The Labute approximate surface area is 880 Å². The number of unbranched alkanes of at least 4 members (excludes halogenated alkanes) is 16. The van der Waals surface area contributed by atoms with E-state index in [0.717, 1.165) is 36.6 Å². The standard InChI is InChI=1S/C104H174N24O22/c1-11-12-13-14-15-16-17-18-19-20-21-22-23-42-86(133)111-50-33-29-40-75(94(140)117-73(90(110)136)37-26-30-47-105)119-95(141)74(38-27-31-48-106)118-96(142)76(39-28-32-49-107)120-103(149)84-41-34-51-128(84)88(135)60-114-93(139)77(52-62(2)3)122-97(143)78(53-63(4)5)123-99(145)80(55-68-43-45-70(131)46-44-68)116-87(134)59-113-92(138)66(9)115-102(148)83(61-129)126-100(146)82(57-85(109)132)124-98(144)79(54-64(6)7)125-104(150)89(67(10)130)127-101(147)81(121-91(137)65(8)108)56-69-58-112-72-36-25-24-35-71(69)72/h24-25,35-36,43-46,58,62-67,73-84,89,112,129-131H,11-23,26-34,37-42,47-57,59-61,105-108H2,1-10H3,(H2,109,132)(H2,110,136)(H,111,133)(H,113,138)(H,114,139)(H,115,148)(H,116,134)(H,117,140)(H,118,142)(H,119,141)(H,120,149)(H,121,137)(H,122,143)(H,123,145)(H,124,144)(H,125,150)(H,126,146)(H,127,147)/t65-,66-,67+,73-,74-,75-,76-,77-,78-,79-,80-,81-,82-,83-,84-,89-/m0/s1. The van der Waals surface area contributed by atoms with Gasteiger partial charge in [0.1, 0.15) is 90.3 Å². The molecule has 2 aromatic carbocycles. The molecule has 1 fully saturated rings. The van der Waals surface area contributed by atoms with Crippen molar-refractivity contribution in [1.82, 2.24) is 95.0 Å². The topological polar surface area (TPSA) is 753 Å². The number of nitrogens with zero attached hydrogens (tertiary/aromatic N) is 1. The Morgan fingerprint density at radius 1 is 0.413 bits per heavy atom. The molecule has 1 saturated heterocycles. The zero-order chi connectivity index (χ0) is 111. The number of H-pyrrole nitrogens is 1. The van der Waals surface area contributed by atoms with Crippen LogP contribution in [0.15, 0.2) is 54.7 Å². The number of carbonyl (C=O) groups excluding carboxylic acids is 19. The number of primary amides is 2. The van der Waals surface area contributed by atoms with Gasteiger partial charge >= 0.3 is 0 Å². The van der Waals surface area contributed by atoms with Crippen LogP contribution in [0.25, 0.3) is 10.9 Å². The Morgan fingerprint density at radius 2 is 0.840 bits per heavy atom. The van der Waals surface area contributed by atoms with Crippen LogP contribution in [0.5, 0.6) is 5.75 Å². The van der Waals surface area contributed by atoms with Crippen LogP contribution in [0.1, 0.15) is 286 Å². The number of aliphatic hydroxyl groups is 2. The molecular weight excluding hydrogens is 1940 g/mol. The lowest BCUT2D eigenvalue weighted by atomic mass is 9.99. The minimum atomic E-state index is -1.90. The number of aromatic hydroxyl groups is 1. The second-order valence-corrected chi connectivity index (χ2v) is 40.4. The predicted octanol–water partition coefficient (Wildman–Crippen LogP) is -0.421. The first kappa shape index (κ1) is 130. The average Bonchev–Trinajstić information content (AvgIpc) is 1.70. The summed E-state index contributed by atoms with van der Waals surface area (Å²) in [5, 5.41) is 73.5. The highest BCUT2D eigenvalue weighted by Gasteiger charge is 2.41. The van der Waals surface area contributed by atoms with E-state index < -0.39 is 229 Å². The van der Waals surface area contributed by atoms with Gasteiger partial charge in [0, 0.05) is 49.5 Å². The van der Waals surface area contributed by atoms with Gasteiger partial charge in [0.2, 0.25) is 112 Å². The van der Waals surface area contributed by atoms with Crippen molar-refractivity contribution in [1.29, 1.82) is 0 Å². The smallest absolute Gasteiger partial charge is 0.245 e. The van der Waals surface area contributed by atoms with Crippen molar-refractivity contribution in [3.63, 3.8) is 0 Å². The van der Waals surface area contributed by atoms with Gasteiger partial charge in [0.05, 0.1) is 38.3 Å². The number of amides is 19. The molecule has 16 atom stereocenters. The molecule has 4 rings (SSSR count). The normalized spacial score (nSPS) is 15.4. The summed E-state index contributed by atoms with van der Waals surface area (Å²) in [5.74, 6) is -17.6. The second-order valence-electron chi connectivity index (χ2n) is 40.4. The molecule has 0 saturated carbocycles. The SMILES string of the molecule is CCCCCCCCCCCCCCCC(=O)NCCCC[C@H](NC(=O)[C@H](CCCCN)NC(=O)[C@H](CCCCN)NC(=O)[C@@H]1CCCN1C(=O)CNC(=O)[C@H](CC(C)C)NC(=O)[C@H](CC(C)C)NC(=O)[C@H](Cc1ccc(O)cc1)NC(=O)CNC(=O)[C@H](C)NC(=O)[C@H](CO)NC(=O)[C@H](CC(N)=O)NC(=O)[C@H](CC(C)C)NC(=O)[C@@H](NC(=O)[C@H](Cc1c[nH]c2ccccc12)NC(=O)[C@H](C)N)[C@@H](C)O)C(=O)N[C@@H](CCCCN)C(N)=O. The van der Waals surface area contributed by atoms with Gasteiger partial charge in [-0.3, -0.25) is 91.1 Å². The highest BCUT2D eigenvalue weighted by molar-refractivity contribution is 6.02. The van der Waals surface area contributed by atoms with Gasteiger partial charge in [-0.15, -0.1) is 0 Å². The molecular formula is C104H174N24O22. The average molecular weight is 2110 g/mol. The van der Waals surface area contributed by atoms with Gasteiger partial charge < -0.3 is 145 Å². The lowest BCUT2D eigenvalue weighted by Crippen LogP contribution is -2.62. The molecule has 150 heavy (non-hydrogen) atoms. The molecule has 0 spiro atoms. The lowest BCUT2D eigenvalue weighted by Gasteiger charge is -2.29. The third-order valence-electron chi connectivity index (χ3n) is 25.7. The van der Waals surface area contributed by atoms with Gasteiger partial charge in [0.25, 0.3) is 0 Å². The fourth-order valence-electron chi connectivity index (χ4n) is 17.3. The third-order valence-corrected chi connectivity index (χ3v) is 25.7. The Balaban J connectivity index is 1.43. The van der Waals surface area contributed by atoms with E-state index in [4.69, 9.17) is 34.4 Å². The highest BCUT2D eigenvalue weighted by atomic mass is 16.3.